The van der Waals surface area contributed by atoms with Crippen LogP contribution < -0.4 is 5.32 Å². The first-order valence-corrected chi connectivity index (χ1v) is 11.5. The van der Waals surface area contributed by atoms with Gasteiger partial charge in [-0.3, -0.25) is 9.59 Å². The molecule has 2 aromatic heterocycles. The molecular weight excluding hydrogens is 460 g/mol. The van der Waals surface area contributed by atoms with Crippen LogP contribution in [-0.2, 0) is 9.53 Å². The molecule has 8 nitrogen and oxygen atoms in total. The van der Waals surface area contributed by atoms with Crippen molar-refractivity contribution in [3.05, 3.63) is 39.2 Å². The molecule has 0 atom stereocenters. The summed E-state index contributed by atoms with van der Waals surface area (Å²) in [5.41, 5.74) is 2.21. The van der Waals surface area contributed by atoms with Crippen LogP contribution in [0.15, 0.2) is 23.4 Å². The zero-order valence-electron chi connectivity index (χ0n) is 17.4. The van der Waals surface area contributed by atoms with Gasteiger partial charge in [0.15, 0.2) is 5.16 Å². The van der Waals surface area contributed by atoms with E-state index in [4.69, 9.17) is 16.3 Å². The first-order valence-electron chi connectivity index (χ1n) is 9.31. The molecule has 0 saturated carbocycles. The number of thiophene rings is 1. The van der Waals surface area contributed by atoms with Crippen molar-refractivity contribution in [2.75, 3.05) is 31.8 Å². The van der Waals surface area contributed by atoms with E-state index >= 15 is 0 Å². The Morgan fingerprint density at radius 1 is 1.32 bits per heavy atom. The van der Waals surface area contributed by atoms with Crippen molar-refractivity contribution in [1.82, 2.24) is 14.9 Å². The minimum absolute atomic E-state index is 0.0593. The Morgan fingerprint density at radius 3 is 2.74 bits per heavy atom. The fourth-order valence-corrected chi connectivity index (χ4v) is 4.87. The van der Waals surface area contributed by atoms with Gasteiger partial charge in [-0.1, -0.05) is 23.4 Å². The quantitative estimate of drug-likeness (QED) is 0.388. The fourth-order valence-electron chi connectivity index (χ4n) is 2.78. The number of hydrogen-bond donors (Lipinski definition) is 2. The number of ether oxygens (including phenoxy) is 1. The second-order valence-electron chi connectivity index (χ2n) is 6.72. The van der Waals surface area contributed by atoms with Crippen LogP contribution in [0.1, 0.15) is 32.5 Å². The average Bonchev–Trinajstić information content (AvgIpc) is 3.25. The van der Waals surface area contributed by atoms with E-state index in [2.05, 4.69) is 15.3 Å². The second-order valence-corrected chi connectivity index (χ2v) is 9.14. The number of aromatic amines is 1. The van der Waals surface area contributed by atoms with Crippen LogP contribution in [0.4, 0.5) is 5.00 Å². The molecule has 2 N–H and O–H groups in total. The van der Waals surface area contributed by atoms with Gasteiger partial charge in [-0.25, -0.2) is 9.78 Å². The highest BCUT2D eigenvalue weighted by molar-refractivity contribution is 7.99. The molecule has 0 bridgehead atoms. The maximum absolute atomic E-state index is 12.6. The van der Waals surface area contributed by atoms with Crippen molar-refractivity contribution in [2.45, 2.75) is 19.0 Å². The van der Waals surface area contributed by atoms with E-state index in [0.29, 0.717) is 25.6 Å². The van der Waals surface area contributed by atoms with Crippen molar-refractivity contribution in [2.24, 2.45) is 0 Å². The summed E-state index contributed by atoms with van der Waals surface area (Å²) in [7, 11) is 3.25. The maximum atomic E-state index is 12.6. The first-order chi connectivity index (χ1) is 14.7. The largest absolute Gasteiger partial charge is 0.462 e. The number of amides is 2. The molecule has 11 heteroatoms. The predicted octanol–water partition coefficient (Wildman–Crippen LogP) is 4.20. The number of aromatic nitrogens is 2. The molecule has 0 radical (unpaired) electrons. The third-order valence-corrected chi connectivity index (χ3v) is 6.55. The number of hydrogen-bond acceptors (Lipinski definition) is 7. The Bertz CT molecular complexity index is 1160. The summed E-state index contributed by atoms with van der Waals surface area (Å²) in [5, 5.41) is 4.20. The number of carbonyl (C=O) groups excluding carboxylic acids is 3. The Labute approximate surface area is 192 Å². The molecule has 0 spiro atoms. The normalized spacial score (nSPS) is 10.9. The highest BCUT2D eigenvalue weighted by Crippen LogP contribution is 2.34. The van der Waals surface area contributed by atoms with Gasteiger partial charge in [-0.15, -0.1) is 11.3 Å². The van der Waals surface area contributed by atoms with E-state index in [1.54, 1.807) is 46.1 Å². The summed E-state index contributed by atoms with van der Waals surface area (Å²) < 4.78 is 5.12. The number of anilines is 1. The van der Waals surface area contributed by atoms with Crippen LogP contribution in [0.5, 0.6) is 0 Å². The standard InChI is InChI=1S/C20H21ClN4O4S2/c1-5-29-19(28)15-10(2)16(18(27)25(3)4)31-17(15)24-14(26)9-30-20-22-12-7-6-11(21)8-13(12)23-20/h6-8H,5,9H2,1-4H3,(H,22,23)(H,24,26). The molecule has 0 unspecified atom stereocenters. The molecule has 0 aliphatic carbocycles. The highest BCUT2D eigenvalue weighted by Gasteiger charge is 2.27. The van der Waals surface area contributed by atoms with Gasteiger partial charge in [0.25, 0.3) is 5.91 Å². The number of benzene rings is 1. The zero-order chi connectivity index (χ0) is 22.7. The molecule has 3 rings (SSSR count). The van der Waals surface area contributed by atoms with E-state index in [0.717, 1.165) is 22.4 Å². The molecule has 164 valence electrons. The summed E-state index contributed by atoms with van der Waals surface area (Å²) >= 11 is 8.26. The Morgan fingerprint density at radius 2 is 2.06 bits per heavy atom. The van der Waals surface area contributed by atoms with Crippen LogP contribution in [0.2, 0.25) is 5.02 Å². The van der Waals surface area contributed by atoms with Crippen LogP contribution in [0, 0.1) is 6.92 Å². The van der Waals surface area contributed by atoms with Gasteiger partial charge in [-0.05, 0) is 37.6 Å². The Hall–Kier alpha value is -2.56. The van der Waals surface area contributed by atoms with Crippen molar-refractivity contribution in [1.29, 1.82) is 0 Å². The minimum atomic E-state index is -0.578. The van der Waals surface area contributed by atoms with E-state index in [-0.39, 0.29) is 29.7 Å². The molecule has 3 aromatic rings. The number of nitrogens with zero attached hydrogens (tertiary/aromatic N) is 2. The number of nitrogens with one attached hydrogen (secondary N) is 2. The fraction of sp³-hybridized carbons (Fsp3) is 0.300. The number of rotatable bonds is 7. The van der Waals surface area contributed by atoms with Crippen LogP contribution >= 0.6 is 34.7 Å². The molecule has 0 saturated heterocycles. The van der Waals surface area contributed by atoms with Gasteiger partial charge >= 0.3 is 5.97 Å². The molecule has 0 aliphatic heterocycles. The van der Waals surface area contributed by atoms with Gasteiger partial charge in [0.1, 0.15) is 5.00 Å². The van der Waals surface area contributed by atoms with Crippen molar-refractivity contribution < 1.29 is 19.1 Å². The van der Waals surface area contributed by atoms with Gasteiger partial charge < -0.3 is 19.9 Å². The summed E-state index contributed by atoms with van der Waals surface area (Å²) in [6, 6.07) is 5.30. The summed E-state index contributed by atoms with van der Waals surface area (Å²) in [5.74, 6) is -1.10. The van der Waals surface area contributed by atoms with E-state index < -0.39 is 5.97 Å². The highest BCUT2D eigenvalue weighted by atomic mass is 35.5. The van der Waals surface area contributed by atoms with Crippen LogP contribution in [0.3, 0.4) is 0 Å². The number of fused-ring (bicyclic) bond motifs is 1. The minimum Gasteiger partial charge on any atom is -0.462 e. The zero-order valence-corrected chi connectivity index (χ0v) is 19.8. The van der Waals surface area contributed by atoms with Crippen LogP contribution in [0.25, 0.3) is 11.0 Å². The maximum Gasteiger partial charge on any atom is 0.341 e. The third kappa shape index (κ3) is 5.20. The lowest BCUT2D eigenvalue weighted by Gasteiger charge is -2.09. The van der Waals surface area contributed by atoms with Gasteiger partial charge in [-0.2, -0.15) is 0 Å². The lowest BCUT2D eigenvalue weighted by atomic mass is 10.1. The average molecular weight is 481 g/mol. The Kier molecular flexibility index (Phi) is 7.24. The molecule has 2 heterocycles. The number of thioether (sulfide) groups is 1. The molecule has 2 amide bonds. The number of esters is 1. The summed E-state index contributed by atoms with van der Waals surface area (Å²) in [6.45, 7) is 3.55. The van der Waals surface area contributed by atoms with Crippen molar-refractivity contribution >= 4 is 68.5 Å². The summed E-state index contributed by atoms with van der Waals surface area (Å²) in [4.78, 5) is 46.8. The molecular formula is C20H21ClN4O4S2. The van der Waals surface area contributed by atoms with E-state index in [1.165, 1.54) is 16.7 Å². The predicted molar refractivity (Wildman–Crippen MR) is 123 cm³/mol. The van der Waals surface area contributed by atoms with Gasteiger partial charge in [0.2, 0.25) is 5.91 Å². The molecule has 0 aliphatic rings. The molecule has 31 heavy (non-hydrogen) atoms. The lowest BCUT2D eigenvalue weighted by molar-refractivity contribution is -0.113. The van der Waals surface area contributed by atoms with Gasteiger partial charge in [0.05, 0.1) is 33.8 Å². The summed E-state index contributed by atoms with van der Waals surface area (Å²) in [6.07, 6.45) is 0. The SMILES string of the molecule is CCOC(=O)c1c(NC(=O)CSc2nc3ccc(Cl)cc3[nH]2)sc(C(=O)N(C)C)c1C. The van der Waals surface area contributed by atoms with E-state index in [9.17, 15) is 14.4 Å². The number of carbonyl (C=O) groups is 3. The lowest BCUT2D eigenvalue weighted by Crippen LogP contribution is -2.21. The number of imidazole rings is 1. The number of halogens is 1. The number of H-pyrrole nitrogens is 1. The molecule has 0 fully saturated rings. The first kappa shape index (κ1) is 23.1. The van der Waals surface area contributed by atoms with Crippen LogP contribution in [-0.4, -0.2) is 59.1 Å². The Balaban J connectivity index is 1.77. The topological polar surface area (TPSA) is 104 Å². The smallest absolute Gasteiger partial charge is 0.341 e. The van der Waals surface area contributed by atoms with Crippen molar-refractivity contribution in [3.8, 4) is 0 Å². The second kappa shape index (κ2) is 9.71. The van der Waals surface area contributed by atoms with Crippen molar-refractivity contribution in [3.63, 3.8) is 0 Å². The van der Waals surface area contributed by atoms with Gasteiger partial charge in [0, 0.05) is 19.1 Å². The van der Waals surface area contributed by atoms with E-state index in [1.807, 2.05) is 0 Å². The molecule has 1 aromatic carbocycles. The monoisotopic (exact) mass is 480 g/mol. The third-order valence-electron chi connectivity index (χ3n) is 4.24.